The molecule has 0 saturated heterocycles. The summed E-state index contributed by atoms with van der Waals surface area (Å²) in [6.07, 6.45) is 2.94. The Hall–Kier alpha value is -2.50. The zero-order valence-electron chi connectivity index (χ0n) is 11.6. The first-order valence-corrected chi connectivity index (χ1v) is 6.17. The highest BCUT2D eigenvalue weighted by Crippen LogP contribution is 2.20. The predicted molar refractivity (Wildman–Crippen MR) is 75.6 cm³/mol. The van der Waals surface area contributed by atoms with E-state index in [-0.39, 0.29) is 11.1 Å². The monoisotopic (exact) mass is 272 g/mol. The average Bonchev–Trinajstić information content (AvgIpc) is 2.37. The van der Waals surface area contributed by atoms with Gasteiger partial charge in [0.15, 0.2) is 5.82 Å². The number of hydrogen-bond donors (Lipinski definition) is 2. The number of aromatic carboxylic acids is 1. The molecule has 0 spiro atoms. The van der Waals surface area contributed by atoms with Gasteiger partial charge < -0.3 is 10.4 Å². The number of anilines is 1. The van der Waals surface area contributed by atoms with Crippen molar-refractivity contribution in [1.29, 1.82) is 0 Å². The van der Waals surface area contributed by atoms with E-state index in [2.05, 4.69) is 20.3 Å². The molecule has 0 unspecified atom stereocenters. The third-order valence-corrected chi connectivity index (χ3v) is 2.41. The topological polar surface area (TPSA) is 88.0 Å². The summed E-state index contributed by atoms with van der Waals surface area (Å²) in [5, 5.41) is 12.3. The van der Waals surface area contributed by atoms with Gasteiger partial charge >= 0.3 is 5.97 Å². The molecule has 2 aromatic rings. The summed E-state index contributed by atoms with van der Waals surface area (Å²) in [5.41, 5.74) is 0.334. The lowest BCUT2D eigenvalue weighted by atomic mass is 10.1. The Bertz CT molecular complexity index is 621. The standard InChI is InChI=1S/C14H16N4O2/c1-14(2,3)18-11-9(13(19)20)8-16-12(17-11)10-6-4-5-7-15-10/h4-8H,1-3H3,(H,19,20)(H,16,17,18). The lowest BCUT2D eigenvalue weighted by Gasteiger charge is -2.22. The van der Waals surface area contributed by atoms with Crippen LogP contribution >= 0.6 is 0 Å². The van der Waals surface area contributed by atoms with E-state index in [4.69, 9.17) is 0 Å². The molecular weight excluding hydrogens is 256 g/mol. The molecule has 6 nitrogen and oxygen atoms in total. The Morgan fingerprint density at radius 2 is 2.00 bits per heavy atom. The van der Waals surface area contributed by atoms with Gasteiger partial charge in [0.2, 0.25) is 0 Å². The van der Waals surface area contributed by atoms with Crippen LogP contribution in [0, 0.1) is 0 Å². The van der Waals surface area contributed by atoms with Crippen LogP contribution in [-0.2, 0) is 0 Å². The normalized spacial score (nSPS) is 11.2. The number of hydrogen-bond acceptors (Lipinski definition) is 5. The number of carboxylic acids is 1. The number of pyridine rings is 1. The summed E-state index contributed by atoms with van der Waals surface area (Å²) in [7, 11) is 0. The third-order valence-electron chi connectivity index (χ3n) is 2.41. The van der Waals surface area contributed by atoms with Crippen LogP contribution in [0.1, 0.15) is 31.1 Å². The fourth-order valence-corrected chi connectivity index (χ4v) is 1.61. The number of aromatic nitrogens is 3. The molecule has 2 aromatic heterocycles. The van der Waals surface area contributed by atoms with Gasteiger partial charge in [-0.3, -0.25) is 4.98 Å². The molecule has 0 amide bonds. The molecule has 0 bridgehead atoms. The molecule has 2 rings (SSSR count). The van der Waals surface area contributed by atoms with Gasteiger partial charge in [-0.2, -0.15) is 0 Å². The Labute approximate surface area is 116 Å². The van der Waals surface area contributed by atoms with E-state index < -0.39 is 5.97 Å². The van der Waals surface area contributed by atoms with Crippen LogP contribution in [0.3, 0.4) is 0 Å². The van der Waals surface area contributed by atoms with Crippen LogP contribution in [0.2, 0.25) is 0 Å². The molecule has 0 aliphatic heterocycles. The number of carbonyl (C=O) groups is 1. The Morgan fingerprint density at radius 3 is 2.55 bits per heavy atom. The summed E-state index contributed by atoms with van der Waals surface area (Å²) < 4.78 is 0. The highest BCUT2D eigenvalue weighted by atomic mass is 16.4. The SMILES string of the molecule is CC(C)(C)Nc1nc(-c2ccccn2)ncc1C(=O)O. The van der Waals surface area contributed by atoms with E-state index in [9.17, 15) is 9.90 Å². The van der Waals surface area contributed by atoms with Crippen LogP contribution in [-0.4, -0.2) is 31.6 Å². The second-order valence-electron chi connectivity index (χ2n) is 5.35. The van der Waals surface area contributed by atoms with Gasteiger partial charge in [0.05, 0.1) is 0 Å². The Kier molecular flexibility index (Phi) is 3.65. The van der Waals surface area contributed by atoms with Crippen molar-refractivity contribution in [2.24, 2.45) is 0 Å². The third kappa shape index (κ3) is 3.28. The molecule has 0 atom stereocenters. The van der Waals surface area contributed by atoms with E-state index in [0.717, 1.165) is 0 Å². The van der Waals surface area contributed by atoms with Gasteiger partial charge in [-0.05, 0) is 32.9 Å². The molecule has 2 heterocycles. The molecule has 20 heavy (non-hydrogen) atoms. The Balaban J connectivity index is 2.48. The molecule has 6 heteroatoms. The molecule has 0 saturated carbocycles. The zero-order chi connectivity index (χ0) is 14.8. The lowest BCUT2D eigenvalue weighted by molar-refractivity contribution is 0.0697. The summed E-state index contributed by atoms with van der Waals surface area (Å²) in [6, 6.07) is 5.40. The van der Waals surface area contributed by atoms with Crippen molar-refractivity contribution < 1.29 is 9.90 Å². The van der Waals surface area contributed by atoms with Crippen LogP contribution in [0.5, 0.6) is 0 Å². The second kappa shape index (κ2) is 5.24. The second-order valence-corrected chi connectivity index (χ2v) is 5.35. The fraction of sp³-hybridized carbons (Fsp3) is 0.286. The largest absolute Gasteiger partial charge is 0.477 e. The molecule has 0 radical (unpaired) electrons. The van der Waals surface area contributed by atoms with Crippen molar-refractivity contribution in [3.63, 3.8) is 0 Å². The van der Waals surface area contributed by atoms with E-state index >= 15 is 0 Å². The molecule has 104 valence electrons. The van der Waals surface area contributed by atoms with Gasteiger partial charge in [-0.15, -0.1) is 0 Å². The van der Waals surface area contributed by atoms with Gasteiger partial charge in [0, 0.05) is 17.9 Å². The van der Waals surface area contributed by atoms with Crippen LogP contribution in [0.25, 0.3) is 11.5 Å². The minimum atomic E-state index is -1.07. The van der Waals surface area contributed by atoms with Crippen molar-refractivity contribution in [2.75, 3.05) is 5.32 Å². The summed E-state index contributed by atoms with van der Waals surface area (Å²) in [6.45, 7) is 5.80. The number of nitrogens with one attached hydrogen (secondary N) is 1. The maximum absolute atomic E-state index is 11.2. The molecular formula is C14H16N4O2. The maximum Gasteiger partial charge on any atom is 0.341 e. The smallest absolute Gasteiger partial charge is 0.341 e. The summed E-state index contributed by atoms with van der Waals surface area (Å²) in [5.74, 6) is -0.382. The number of carboxylic acid groups (broad SMARTS) is 1. The minimum absolute atomic E-state index is 0.0413. The molecule has 0 aliphatic carbocycles. The summed E-state index contributed by atoms with van der Waals surface area (Å²) in [4.78, 5) is 23.7. The number of nitrogens with zero attached hydrogens (tertiary/aromatic N) is 3. The van der Waals surface area contributed by atoms with Gasteiger partial charge in [-0.1, -0.05) is 6.07 Å². The van der Waals surface area contributed by atoms with E-state index in [0.29, 0.717) is 17.3 Å². The molecule has 0 fully saturated rings. The Morgan fingerprint density at radius 1 is 1.25 bits per heavy atom. The van der Waals surface area contributed by atoms with Crippen molar-refractivity contribution >= 4 is 11.8 Å². The lowest BCUT2D eigenvalue weighted by Crippen LogP contribution is -2.28. The van der Waals surface area contributed by atoms with Crippen molar-refractivity contribution in [3.8, 4) is 11.5 Å². The predicted octanol–water partition coefficient (Wildman–Crippen LogP) is 2.45. The quantitative estimate of drug-likeness (QED) is 0.892. The number of rotatable bonds is 3. The van der Waals surface area contributed by atoms with E-state index in [1.54, 1.807) is 18.3 Å². The zero-order valence-corrected chi connectivity index (χ0v) is 11.6. The summed E-state index contributed by atoms with van der Waals surface area (Å²) >= 11 is 0. The van der Waals surface area contributed by atoms with Gasteiger partial charge in [-0.25, -0.2) is 14.8 Å². The highest BCUT2D eigenvalue weighted by molar-refractivity contribution is 5.93. The van der Waals surface area contributed by atoms with Crippen LogP contribution < -0.4 is 5.32 Å². The van der Waals surface area contributed by atoms with Gasteiger partial charge in [0.1, 0.15) is 17.1 Å². The minimum Gasteiger partial charge on any atom is -0.477 e. The highest BCUT2D eigenvalue weighted by Gasteiger charge is 2.19. The maximum atomic E-state index is 11.2. The fourth-order valence-electron chi connectivity index (χ4n) is 1.61. The molecule has 2 N–H and O–H groups in total. The molecule has 0 aromatic carbocycles. The molecule has 0 aliphatic rings. The van der Waals surface area contributed by atoms with Crippen LogP contribution in [0.4, 0.5) is 5.82 Å². The average molecular weight is 272 g/mol. The first kappa shape index (κ1) is 13.9. The van der Waals surface area contributed by atoms with E-state index in [1.807, 2.05) is 26.8 Å². The van der Waals surface area contributed by atoms with Gasteiger partial charge in [0.25, 0.3) is 0 Å². The first-order chi connectivity index (χ1) is 9.37. The van der Waals surface area contributed by atoms with Crippen LogP contribution in [0.15, 0.2) is 30.6 Å². The van der Waals surface area contributed by atoms with E-state index in [1.165, 1.54) is 6.20 Å². The van der Waals surface area contributed by atoms with Crippen molar-refractivity contribution in [1.82, 2.24) is 15.0 Å². The first-order valence-electron chi connectivity index (χ1n) is 6.17. The van der Waals surface area contributed by atoms with Crippen molar-refractivity contribution in [3.05, 3.63) is 36.2 Å². The van der Waals surface area contributed by atoms with Crippen molar-refractivity contribution in [2.45, 2.75) is 26.3 Å².